The molecule has 3 rings (SSSR count). The summed E-state index contributed by atoms with van der Waals surface area (Å²) in [5.74, 6) is -0.535. The number of pyridine rings is 1. The van der Waals surface area contributed by atoms with Gasteiger partial charge < -0.3 is 10.6 Å². The maximum absolute atomic E-state index is 11.9. The molecule has 2 aromatic heterocycles. The standard InChI is InChI=1S/C18H16N4O2S/c23-16(11-21-17(24)13-4-2-1-3-5-13)20-10-15-12-25-18(22-15)14-6-8-19-9-7-14/h1-9,12H,10-11H2,(H,20,23)(H,21,24). The minimum absolute atomic E-state index is 0.0743. The predicted octanol–water partition coefficient (Wildman–Crippen LogP) is 2.25. The number of amides is 2. The van der Waals surface area contributed by atoms with E-state index in [2.05, 4.69) is 20.6 Å². The molecule has 1 aromatic carbocycles. The molecule has 0 aliphatic rings. The van der Waals surface area contributed by atoms with Crippen molar-refractivity contribution in [3.8, 4) is 10.6 Å². The molecular weight excluding hydrogens is 336 g/mol. The van der Waals surface area contributed by atoms with Gasteiger partial charge >= 0.3 is 0 Å². The van der Waals surface area contributed by atoms with Gasteiger partial charge in [0.05, 0.1) is 18.8 Å². The van der Waals surface area contributed by atoms with Crippen LogP contribution in [0.2, 0.25) is 0 Å². The summed E-state index contributed by atoms with van der Waals surface area (Å²) in [6.07, 6.45) is 3.43. The van der Waals surface area contributed by atoms with Crippen LogP contribution in [-0.4, -0.2) is 28.3 Å². The highest BCUT2D eigenvalue weighted by molar-refractivity contribution is 7.13. The van der Waals surface area contributed by atoms with Crippen molar-refractivity contribution in [1.29, 1.82) is 0 Å². The van der Waals surface area contributed by atoms with E-state index in [1.807, 2.05) is 23.6 Å². The molecule has 7 heteroatoms. The van der Waals surface area contributed by atoms with Gasteiger partial charge in [0.25, 0.3) is 5.91 Å². The SMILES string of the molecule is O=C(CNC(=O)c1ccccc1)NCc1csc(-c2ccncc2)n1. The lowest BCUT2D eigenvalue weighted by Crippen LogP contribution is -2.36. The van der Waals surface area contributed by atoms with Gasteiger partial charge in [-0.2, -0.15) is 0 Å². The quantitative estimate of drug-likeness (QED) is 0.713. The minimum atomic E-state index is -0.274. The van der Waals surface area contributed by atoms with E-state index in [1.165, 1.54) is 11.3 Å². The Balaban J connectivity index is 1.47. The molecule has 25 heavy (non-hydrogen) atoms. The molecule has 0 aliphatic carbocycles. The van der Waals surface area contributed by atoms with Gasteiger partial charge in [-0.15, -0.1) is 11.3 Å². The number of aromatic nitrogens is 2. The zero-order valence-corrected chi connectivity index (χ0v) is 14.1. The van der Waals surface area contributed by atoms with E-state index in [0.29, 0.717) is 12.1 Å². The topological polar surface area (TPSA) is 84.0 Å². The van der Waals surface area contributed by atoms with Crippen molar-refractivity contribution in [2.24, 2.45) is 0 Å². The third kappa shape index (κ3) is 4.71. The molecule has 6 nitrogen and oxygen atoms in total. The van der Waals surface area contributed by atoms with E-state index in [-0.39, 0.29) is 18.4 Å². The van der Waals surface area contributed by atoms with Crippen molar-refractivity contribution < 1.29 is 9.59 Å². The predicted molar refractivity (Wildman–Crippen MR) is 96.0 cm³/mol. The highest BCUT2D eigenvalue weighted by atomic mass is 32.1. The Hall–Kier alpha value is -3.06. The summed E-state index contributed by atoms with van der Waals surface area (Å²) in [5.41, 5.74) is 2.30. The third-order valence-corrected chi connectivity index (χ3v) is 4.33. The van der Waals surface area contributed by atoms with Crippen LogP contribution in [0.25, 0.3) is 10.6 Å². The molecule has 0 atom stereocenters. The molecule has 3 aromatic rings. The van der Waals surface area contributed by atoms with Gasteiger partial charge in [-0.1, -0.05) is 18.2 Å². The first-order valence-electron chi connectivity index (χ1n) is 7.67. The number of thiazole rings is 1. The van der Waals surface area contributed by atoms with Crippen molar-refractivity contribution in [3.05, 3.63) is 71.5 Å². The molecule has 2 heterocycles. The van der Waals surface area contributed by atoms with E-state index in [0.717, 1.165) is 16.3 Å². The largest absolute Gasteiger partial charge is 0.349 e. The monoisotopic (exact) mass is 352 g/mol. The van der Waals surface area contributed by atoms with E-state index in [1.54, 1.807) is 36.7 Å². The van der Waals surface area contributed by atoms with Gasteiger partial charge in [-0.25, -0.2) is 4.98 Å². The van der Waals surface area contributed by atoms with Gasteiger partial charge in [0.15, 0.2) is 0 Å². The normalized spacial score (nSPS) is 10.2. The maximum atomic E-state index is 11.9. The van der Waals surface area contributed by atoms with E-state index in [9.17, 15) is 9.59 Å². The molecule has 0 aliphatic heterocycles. The first-order valence-corrected chi connectivity index (χ1v) is 8.55. The van der Waals surface area contributed by atoms with Crippen LogP contribution in [0.1, 0.15) is 16.1 Å². The lowest BCUT2D eigenvalue weighted by molar-refractivity contribution is -0.120. The van der Waals surface area contributed by atoms with Crippen molar-refractivity contribution >= 4 is 23.2 Å². The van der Waals surface area contributed by atoms with Crippen LogP contribution >= 0.6 is 11.3 Å². The summed E-state index contributed by atoms with van der Waals surface area (Å²) in [7, 11) is 0. The molecule has 0 saturated heterocycles. The average Bonchev–Trinajstić information content (AvgIpc) is 3.15. The molecule has 0 spiro atoms. The highest BCUT2D eigenvalue weighted by Crippen LogP contribution is 2.22. The van der Waals surface area contributed by atoms with Crippen molar-refractivity contribution in [2.45, 2.75) is 6.54 Å². The second kappa shape index (κ2) is 8.16. The summed E-state index contributed by atoms with van der Waals surface area (Å²) in [6.45, 7) is 0.247. The van der Waals surface area contributed by atoms with Gasteiger partial charge in [0.2, 0.25) is 5.91 Å². The van der Waals surface area contributed by atoms with Crippen LogP contribution in [0.15, 0.2) is 60.2 Å². The maximum Gasteiger partial charge on any atom is 0.251 e. The van der Waals surface area contributed by atoms with Gasteiger partial charge in [-0.05, 0) is 24.3 Å². The number of carbonyl (C=O) groups excluding carboxylic acids is 2. The fourth-order valence-corrected chi connectivity index (χ4v) is 2.94. The molecule has 2 amide bonds. The van der Waals surface area contributed by atoms with Crippen LogP contribution in [0.5, 0.6) is 0 Å². The number of nitrogens with one attached hydrogen (secondary N) is 2. The number of hydrogen-bond acceptors (Lipinski definition) is 5. The lowest BCUT2D eigenvalue weighted by Gasteiger charge is -2.06. The van der Waals surface area contributed by atoms with E-state index < -0.39 is 0 Å². The van der Waals surface area contributed by atoms with Crippen LogP contribution in [-0.2, 0) is 11.3 Å². The zero-order valence-electron chi connectivity index (χ0n) is 13.3. The summed E-state index contributed by atoms with van der Waals surface area (Å²) in [6, 6.07) is 12.6. The fraction of sp³-hybridized carbons (Fsp3) is 0.111. The Kier molecular flexibility index (Phi) is 5.48. The lowest BCUT2D eigenvalue weighted by atomic mass is 10.2. The first kappa shape index (κ1) is 16.8. The number of benzene rings is 1. The van der Waals surface area contributed by atoms with Crippen molar-refractivity contribution in [1.82, 2.24) is 20.6 Å². The molecule has 2 N–H and O–H groups in total. The summed E-state index contributed by atoms with van der Waals surface area (Å²) < 4.78 is 0. The van der Waals surface area contributed by atoms with Gasteiger partial charge in [0, 0.05) is 28.9 Å². The van der Waals surface area contributed by atoms with E-state index in [4.69, 9.17) is 0 Å². The molecule has 0 radical (unpaired) electrons. The number of rotatable bonds is 6. The second-order valence-electron chi connectivity index (χ2n) is 5.21. The molecule has 126 valence electrons. The Labute approximate surface area is 149 Å². The highest BCUT2D eigenvalue weighted by Gasteiger charge is 2.09. The smallest absolute Gasteiger partial charge is 0.251 e. The minimum Gasteiger partial charge on any atom is -0.349 e. The van der Waals surface area contributed by atoms with Gasteiger partial charge in [-0.3, -0.25) is 14.6 Å². The van der Waals surface area contributed by atoms with Crippen LogP contribution < -0.4 is 10.6 Å². The number of carbonyl (C=O) groups is 2. The first-order chi connectivity index (χ1) is 12.2. The second-order valence-corrected chi connectivity index (χ2v) is 6.06. The number of nitrogens with zero attached hydrogens (tertiary/aromatic N) is 2. The van der Waals surface area contributed by atoms with Crippen LogP contribution in [0, 0.1) is 0 Å². The Morgan fingerprint density at radius 3 is 2.52 bits per heavy atom. The van der Waals surface area contributed by atoms with Crippen LogP contribution in [0.3, 0.4) is 0 Å². The Bertz CT molecular complexity index is 850. The molecule has 0 bridgehead atoms. The molecule has 0 saturated carbocycles. The van der Waals surface area contributed by atoms with E-state index >= 15 is 0 Å². The number of hydrogen-bond donors (Lipinski definition) is 2. The van der Waals surface area contributed by atoms with Crippen molar-refractivity contribution in [3.63, 3.8) is 0 Å². The van der Waals surface area contributed by atoms with Crippen LogP contribution in [0.4, 0.5) is 0 Å². The Morgan fingerprint density at radius 2 is 1.76 bits per heavy atom. The third-order valence-electron chi connectivity index (χ3n) is 3.39. The van der Waals surface area contributed by atoms with Gasteiger partial charge in [0.1, 0.15) is 5.01 Å². The molecule has 0 unspecified atom stereocenters. The fourth-order valence-electron chi connectivity index (χ4n) is 2.12. The molecule has 0 fully saturated rings. The summed E-state index contributed by atoms with van der Waals surface area (Å²) in [4.78, 5) is 32.2. The Morgan fingerprint density at radius 1 is 1.00 bits per heavy atom. The summed E-state index contributed by atoms with van der Waals surface area (Å²) >= 11 is 1.51. The summed E-state index contributed by atoms with van der Waals surface area (Å²) in [5, 5.41) is 8.12. The average molecular weight is 352 g/mol. The molecular formula is C18H16N4O2S. The van der Waals surface area contributed by atoms with Crippen molar-refractivity contribution in [2.75, 3.05) is 6.54 Å². The zero-order chi connectivity index (χ0) is 17.5.